The molecule has 0 rings (SSSR count). The lowest BCUT2D eigenvalue weighted by atomic mass is 9.95. The summed E-state index contributed by atoms with van der Waals surface area (Å²) in [5, 5.41) is 0. The molecule has 2 nitrogen and oxygen atoms in total. The van der Waals surface area contributed by atoms with Gasteiger partial charge in [-0.25, -0.2) is 4.79 Å². The van der Waals surface area contributed by atoms with Crippen LogP contribution in [0.1, 0.15) is 40.0 Å². The van der Waals surface area contributed by atoms with E-state index in [1.54, 1.807) is 13.0 Å². The van der Waals surface area contributed by atoms with E-state index in [0.717, 1.165) is 19.3 Å². The zero-order valence-corrected chi connectivity index (χ0v) is 14.4. The first-order valence-corrected chi connectivity index (χ1v) is 11.5. The number of halogens is 3. The van der Waals surface area contributed by atoms with E-state index < -0.39 is 6.00 Å². The minimum absolute atomic E-state index is 0.00633. The molecule has 0 aromatic carbocycles. The van der Waals surface area contributed by atoms with Crippen molar-refractivity contribution in [3.8, 4) is 0 Å². The zero-order chi connectivity index (χ0) is 14.2. The molecule has 0 N–H and O–H groups in total. The summed E-state index contributed by atoms with van der Waals surface area (Å²) in [5.41, 5.74) is 0.643. The van der Waals surface area contributed by atoms with Gasteiger partial charge in [0, 0.05) is 5.57 Å². The summed E-state index contributed by atoms with van der Waals surface area (Å²) >= 11 is 17.9. The number of hydrogen-bond donors (Lipinski definition) is 0. The van der Waals surface area contributed by atoms with Crippen LogP contribution in [0.4, 0.5) is 0 Å². The van der Waals surface area contributed by atoms with Gasteiger partial charge in [0.1, 0.15) is 0 Å². The van der Waals surface area contributed by atoms with Crippen LogP contribution in [-0.2, 0) is 9.53 Å². The van der Waals surface area contributed by atoms with Crippen LogP contribution in [0.2, 0.25) is 6.04 Å². The summed E-state index contributed by atoms with van der Waals surface area (Å²) in [5.74, 6) is -0.294. The summed E-state index contributed by atoms with van der Waals surface area (Å²) < 4.78 is 5.05. The summed E-state index contributed by atoms with van der Waals surface area (Å²) in [4.78, 5) is 11.9. The molecule has 0 aromatic rings. The Kier molecular flexibility index (Phi) is 9.39. The van der Waals surface area contributed by atoms with Gasteiger partial charge in [-0.05, 0) is 32.2 Å². The second-order valence-electron chi connectivity index (χ2n) is 4.12. The fourth-order valence-electron chi connectivity index (χ4n) is 1.83. The molecular formula is C12H21Cl3O2Si. The molecule has 6 heteroatoms. The van der Waals surface area contributed by atoms with Gasteiger partial charge in [0.25, 0.3) is 0 Å². The molecule has 1 atom stereocenters. The van der Waals surface area contributed by atoms with E-state index in [4.69, 9.17) is 38.0 Å². The molecule has 0 aliphatic carbocycles. The first kappa shape index (κ1) is 18.3. The Morgan fingerprint density at radius 2 is 1.94 bits per heavy atom. The van der Waals surface area contributed by atoms with Crippen LogP contribution in [0.3, 0.4) is 0 Å². The van der Waals surface area contributed by atoms with Gasteiger partial charge in [0.05, 0.1) is 6.61 Å². The maximum absolute atomic E-state index is 11.9. The molecule has 106 valence electrons. The van der Waals surface area contributed by atoms with Crippen molar-refractivity contribution >= 4 is 45.2 Å². The predicted octanol–water partition coefficient (Wildman–Crippen LogP) is 4.96. The fraction of sp³-hybridized carbons (Fsp3) is 0.750. The highest BCUT2D eigenvalue weighted by atomic mass is 35.8. The largest absolute Gasteiger partial charge is 0.463 e. The lowest BCUT2D eigenvalue weighted by molar-refractivity contribution is -0.139. The van der Waals surface area contributed by atoms with Gasteiger partial charge in [-0.15, -0.1) is 33.2 Å². The summed E-state index contributed by atoms with van der Waals surface area (Å²) in [6, 6.07) is -2.28. The number of rotatable bonds is 8. The highest BCUT2D eigenvalue weighted by Crippen LogP contribution is 2.35. The van der Waals surface area contributed by atoms with E-state index in [-0.39, 0.29) is 11.9 Å². The van der Waals surface area contributed by atoms with E-state index in [9.17, 15) is 4.79 Å². The molecule has 0 aliphatic heterocycles. The van der Waals surface area contributed by atoms with Crippen LogP contribution in [0.5, 0.6) is 0 Å². The van der Waals surface area contributed by atoms with Crippen molar-refractivity contribution in [3.63, 3.8) is 0 Å². The van der Waals surface area contributed by atoms with E-state index in [2.05, 4.69) is 6.92 Å². The normalized spacial score (nSPS) is 14.4. The Bertz CT molecular complexity index is 288. The second-order valence-corrected chi connectivity index (χ2v) is 13.3. The summed E-state index contributed by atoms with van der Waals surface area (Å²) in [6.07, 6.45) is 4.70. The Morgan fingerprint density at radius 3 is 2.33 bits per heavy atom. The second kappa shape index (κ2) is 9.24. The molecule has 0 radical (unpaired) electrons. The van der Waals surface area contributed by atoms with Crippen molar-refractivity contribution in [1.29, 1.82) is 0 Å². The third-order valence-corrected chi connectivity index (χ3v) is 4.99. The van der Waals surface area contributed by atoms with Gasteiger partial charge in [-0.2, -0.15) is 0 Å². The SMILES string of the molecule is C/C=C(/C(=O)OCC)C(CCCC)C[Si](Cl)(Cl)Cl. The van der Waals surface area contributed by atoms with E-state index >= 15 is 0 Å². The van der Waals surface area contributed by atoms with Crippen LogP contribution in [0, 0.1) is 5.92 Å². The average Bonchev–Trinajstić information content (AvgIpc) is 2.25. The number of unbranched alkanes of at least 4 members (excludes halogenated alkanes) is 1. The number of carbonyl (C=O) groups excluding carboxylic acids is 1. The predicted molar refractivity (Wildman–Crippen MR) is 81.5 cm³/mol. The third kappa shape index (κ3) is 7.67. The monoisotopic (exact) mass is 330 g/mol. The molecule has 0 bridgehead atoms. The van der Waals surface area contributed by atoms with Gasteiger partial charge in [0.2, 0.25) is 0 Å². The molecule has 0 saturated heterocycles. The third-order valence-electron chi connectivity index (χ3n) is 2.65. The van der Waals surface area contributed by atoms with Gasteiger partial charge >= 0.3 is 12.0 Å². The van der Waals surface area contributed by atoms with Crippen LogP contribution in [0.25, 0.3) is 0 Å². The van der Waals surface area contributed by atoms with Gasteiger partial charge < -0.3 is 4.74 Å². The van der Waals surface area contributed by atoms with Crippen molar-refractivity contribution in [3.05, 3.63) is 11.6 Å². The van der Waals surface area contributed by atoms with Gasteiger partial charge in [-0.3, -0.25) is 0 Å². The Morgan fingerprint density at radius 1 is 1.33 bits per heavy atom. The first-order chi connectivity index (χ1) is 8.35. The number of ether oxygens (including phenoxy) is 1. The van der Waals surface area contributed by atoms with Crippen LogP contribution < -0.4 is 0 Å². The fourth-order valence-corrected chi connectivity index (χ4v) is 4.49. The van der Waals surface area contributed by atoms with Crippen molar-refractivity contribution in [2.75, 3.05) is 6.61 Å². The maximum atomic E-state index is 11.9. The smallest absolute Gasteiger partial charge is 0.342 e. The Balaban J connectivity index is 4.84. The van der Waals surface area contributed by atoms with Crippen molar-refractivity contribution < 1.29 is 9.53 Å². The average molecular weight is 332 g/mol. The molecule has 0 spiro atoms. The highest BCUT2D eigenvalue weighted by molar-refractivity contribution is 7.64. The van der Waals surface area contributed by atoms with Crippen molar-refractivity contribution in [2.24, 2.45) is 5.92 Å². The number of allylic oxidation sites excluding steroid dienone is 1. The summed E-state index contributed by atoms with van der Waals surface area (Å²) in [7, 11) is 0. The van der Waals surface area contributed by atoms with Crippen LogP contribution >= 0.6 is 33.2 Å². The molecule has 18 heavy (non-hydrogen) atoms. The van der Waals surface area contributed by atoms with Crippen LogP contribution in [-0.4, -0.2) is 18.6 Å². The van der Waals surface area contributed by atoms with Gasteiger partial charge in [0.15, 0.2) is 0 Å². The van der Waals surface area contributed by atoms with Crippen LogP contribution in [0.15, 0.2) is 11.6 Å². The summed E-state index contributed by atoms with van der Waals surface area (Å²) in [6.45, 7) is 6.08. The molecule has 0 amide bonds. The Labute approximate surface area is 125 Å². The number of esters is 1. The minimum atomic E-state index is -2.75. The lowest BCUT2D eigenvalue weighted by Crippen LogP contribution is -2.22. The van der Waals surface area contributed by atoms with Crippen molar-refractivity contribution in [1.82, 2.24) is 0 Å². The minimum Gasteiger partial charge on any atom is -0.463 e. The lowest BCUT2D eigenvalue weighted by Gasteiger charge is -2.21. The molecular weight excluding hydrogens is 311 g/mol. The highest BCUT2D eigenvalue weighted by Gasteiger charge is 2.33. The van der Waals surface area contributed by atoms with E-state index in [1.807, 2.05) is 6.92 Å². The quantitative estimate of drug-likeness (QED) is 0.272. The molecule has 0 aliphatic rings. The standard InChI is InChI=1S/C12H21Cl3O2Si/c1-4-7-8-10(9-18(13,14)15)11(5-2)12(16)17-6-3/h5,10H,4,6-9H2,1-3H3/b11-5+. The molecule has 0 heterocycles. The first-order valence-electron chi connectivity index (χ1n) is 6.25. The number of carbonyl (C=O) groups is 1. The van der Waals surface area contributed by atoms with E-state index in [0.29, 0.717) is 18.2 Å². The zero-order valence-electron chi connectivity index (χ0n) is 11.1. The van der Waals surface area contributed by atoms with Gasteiger partial charge in [-0.1, -0.05) is 25.8 Å². The molecule has 0 saturated carbocycles. The molecule has 0 fully saturated rings. The number of hydrogen-bond acceptors (Lipinski definition) is 2. The van der Waals surface area contributed by atoms with Crippen molar-refractivity contribution in [2.45, 2.75) is 46.1 Å². The Hall–Kier alpha value is 0.297. The molecule has 0 aromatic heterocycles. The van der Waals surface area contributed by atoms with E-state index in [1.165, 1.54) is 0 Å². The maximum Gasteiger partial charge on any atom is 0.342 e. The topological polar surface area (TPSA) is 26.3 Å². The molecule has 1 unspecified atom stereocenters.